The molecule has 8 heteroatoms. The molecule has 0 radical (unpaired) electrons. The van der Waals surface area contributed by atoms with E-state index in [4.69, 9.17) is 17.1 Å². The molecule has 0 aliphatic carbocycles. The Morgan fingerprint density at radius 3 is 2.00 bits per heavy atom. The first-order valence-corrected chi connectivity index (χ1v) is 12.9. The quantitative estimate of drug-likeness (QED) is 0.517. The molecular weight excluding hydrogens is 236 g/mol. The highest BCUT2D eigenvalue weighted by molar-refractivity contribution is 6.82. The van der Waals surface area contributed by atoms with Crippen molar-refractivity contribution in [2.75, 3.05) is 0 Å². The van der Waals surface area contributed by atoms with E-state index in [1.165, 1.54) is 0 Å². The Balaban J connectivity index is 3.80. The van der Waals surface area contributed by atoms with E-state index in [1.807, 2.05) is 13.1 Å². The normalized spacial score (nSPS) is 15.2. The van der Waals surface area contributed by atoms with Crippen LogP contribution in [0.5, 0.6) is 0 Å². The van der Waals surface area contributed by atoms with E-state index < -0.39 is 36.9 Å². The molecule has 0 saturated heterocycles. The zero-order valence-corrected chi connectivity index (χ0v) is 13.9. The summed E-state index contributed by atoms with van der Waals surface area (Å²) in [5.74, 6) is 0. The Hall–Kier alpha value is 0.708. The van der Waals surface area contributed by atoms with Crippen molar-refractivity contribution in [3.8, 4) is 0 Å². The van der Waals surface area contributed by atoms with Crippen LogP contribution in [0, 0.1) is 0 Å². The van der Waals surface area contributed by atoms with Gasteiger partial charge in [-0.1, -0.05) is 0 Å². The highest BCUT2D eigenvalue weighted by Gasteiger charge is 2.31. The van der Waals surface area contributed by atoms with E-state index in [-0.39, 0.29) is 0 Å². The summed E-state index contributed by atoms with van der Waals surface area (Å²) in [7, 11) is -5.74. The maximum Gasteiger partial charge on any atom is 0.312 e. The van der Waals surface area contributed by atoms with Crippen LogP contribution < -0.4 is 0 Å². The van der Waals surface area contributed by atoms with Gasteiger partial charge in [-0.2, -0.15) is 0 Å². The minimum Gasteiger partial charge on any atom is -0.437 e. The highest BCUT2D eigenvalue weighted by Crippen LogP contribution is 2.14. The molecule has 0 saturated carbocycles. The van der Waals surface area contributed by atoms with Crippen LogP contribution in [0.25, 0.3) is 0 Å². The van der Waals surface area contributed by atoms with Crippen molar-refractivity contribution >= 4 is 36.9 Å². The van der Waals surface area contributed by atoms with Gasteiger partial charge in [-0.3, -0.25) is 0 Å². The van der Waals surface area contributed by atoms with Gasteiger partial charge in [0.05, 0.1) is 0 Å². The fraction of sp³-hybridized carbons (Fsp3) is 1.00. The Labute approximate surface area is 87.1 Å². The second-order valence-corrected chi connectivity index (χ2v) is 15.3. The van der Waals surface area contributed by atoms with Crippen LogP contribution in [-0.4, -0.2) is 41.7 Å². The molecule has 0 fully saturated rings. The predicted octanol–water partition coefficient (Wildman–Crippen LogP) is -0.437. The van der Waals surface area contributed by atoms with Crippen LogP contribution in [0.3, 0.4) is 0 Å². The average molecular weight is 257 g/mol. The molecule has 13 heavy (non-hydrogen) atoms. The fourth-order valence-electron chi connectivity index (χ4n) is 0.988. The summed E-state index contributed by atoms with van der Waals surface area (Å²) in [6.45, 7) is 10.5. The number of hydrogen-bond acceptors (Lipinski definition) is 4. The molecule has 0 aromatic carbocycles. The average Bonchev–Trinajstić information content (AvgIpc) is 1.81. The summed E-state index contributed by atoms with van der Waals surface area (Å²) in [5, 5.41) is 0. The zero-order valence-electron chi connectivity index (χ0n) is 9.09. The van der Waals surface area contributed by atoms with Crippen LogP contribution >= 0.6 is 0 Å². The second-order valence-electron chi connectivity index (χ2n) is 4.21. The van der Waals surface area contributed by atoms with E-state index in [1.54, 1.807) is 0 Å². The predicted molar refractivity (Wildman–Crippen MR) is 63.4 cm³/mol. The second kappa shape index (κ2) is 5.55. The van der Waals surface area contributed by atoms with Crippen molar-refractivity contribution < 1.29 is 17.1 Å². The monoisotopic (exact) mass is 256 g/mol. The molecule has 0 spiro atoms. The Morgan fingerprint density at radius 1 is 1.08 bits per heavy atom. The molecule has 0 rings (SSSR count). The number of hydrogen-bond donors (Lipinski definition) is 1. The summed E-state index contributed by atoms with van der Waals surface area (Å²) in [5.41, 5.74) is 0. The van der Waals surface area contributed by atoms with Gasteiger partial charge in [-0.25, -0.2) is 0 Å². The van der Waals surface area contributed by atoms with Gasteiger partial charge in [0.25, 0.3) is 20.0 Å². The Morgan fingerprint density at radius 2 is 1.62 bits per heavy atom. The van der Waals surface area contributed by atoms with Gasteiger partial charge in [-0.05, 0) is 32.7 Å². The van der Waals surface area contributed by atoms with Crippen LogP contribution in [0.1, 0.15) is 0 Å². The molecule has 0 heterocycles. The van der Waals surface area contributed by atoms with Gasteiger partial charge in [0.1, 0.15) is 0 Å². The van der Waals surface area contributed by atoms with E-state index in [2.05, 4.69) is 19.6 Å². The van der Waals surface area contributed by atoms with Gasteiger partial charge in [0, 0.05) is 0 Å². The minimum absolute atomic E-state index is 0.991. The van der Waals surface area contributed by atoms with Crippen molar-refractivity contribution in [2.24, 2.45) is 0 Å². The van der Waals surface area contributed by atoms with E-state index in [0.29, 0.717) is 0 Å². The first-order valence-electron chi connectivity index (χ1n) is 4.29. The molecule has 4 nitrogen and oxygen atoms in total. The fourth-order valence-corrected chi connectivity index (χ4v) is 10.2. The molecule has 0 unspecified atom stereocenters. The molecule has 0 aliphatic heterocycles. The zero-order chi connectivity index (χ0) is 10.5. The van der Waals surface area contributed by atoms with Crippen LogP contribution in [0.4, 0.5) is 0 Å². The molecule has 0 aromatic heterocycles. The highest BCUT2D eigenvalue weighted by atomic mass is 28.5. The van der Waals surface area contributed by atoms with Gasteiger partial charge in [0.15, 0.2) is 8.32 Å². The van der Waals surface area contributed by atoms with Crippen LogP contribution in [-0.2, 0) is 12.3 Å². The molecule has 80 valence electrons. The van der Waals surface area contributed by atoms with Crippen molar-refractivity contribution in [3.63, 3.8) is 0 Å². The largest absolute Gasteiger partial charge is 0.437 e. The van der Waals surface area contributed by atoms with Crippen molar-refractivity contribution in [1.29, 1.82) is 0 Å². The molecular formula is C5H20O4Si4. The number of rotatable bonds is 6. The van der Waals surface area contributed by atoms with Gasteiger partial charge >= 0.3 is 8.56 Å². The summed E-state index contributed by atoms with van der Waals surface area (Å²) >= 11 is 0. The molecule has 0 aromatic rings. The minimum atomic E-state index is -1.97. The molecule has 0 aliphatic rings. The summed E-state index contributed by atoms with van der Waals surface area (Å²) in [6, 6.07) is 0. The first kappa shape index (κ1) is 13.7. The molecule has 0 bridgehead atoms. The van der Waals surface area contributed by atoms with E-state index in [0.717, 1.165) is 0 Å². The summed E-state index contributed by atoms with van der Waals surface area (Å²) in [6.07, 6.45) is 0. The van der Waals surface area contributed by atoms with Crippen molar-refractivity contribution in [3.05, 3.63) is 0 Å². The maximum atomic E-state index is 8.55. The Bertz CT molecular complexity index is 146. The lowest BCUT2D eigenvalue weighted by Crippen LogP contribution is -2.45. The Kier molecular flexibility index (Phi) is 5.86. The summed E-state index contributed by atoms with van der Waals surface area (Å²) < 4.78 is 16.5. The van der Waals surface area contributed by atoms with E-state index >= 15 is 0 Å². The lowest BCUT2D eigenvalue weighted by molar-refractivity contribution is 0.357. The van der Waals surface area contributed by atoms with Gasteiger partial charge in [0.2, 0.25) is 0 Å². The van der Waals surface area contributed by atoms with Crippen molar-refractivity contribution in [2.45, 2.75) is 32.7 Å². The topological polar surface area (TPSA) is 47.9 Å². The van der Waals surface area contributed by atoms with E-state index in [9.17, 15) is 0 Å². The molecule has 0 atom stereocenters. The molecule has 0 amide bonds. The summed E-state index contributed by atoms with van der Waals surface area (Å²) in [4.78, 5) is 8.55. The smallest absolute Gasteiger partial charge is 0.312 e. The van der Waals surface area contributed by atoms with Crippen LogP contribution in [0.15, 0.2) is 0 Å². The standard InChI is InChI=1S/C5H20O4Si4/c1-12(2,3)9-13(4,5)8-11-7-10-6/h6H,10-11H2,1-5H3. The van der Waals surface area contributed by atoms with Crippen LogP contribution in [0.2, 0.25) is 32.7 Å². The lowest BCUT2D eigenvalue weighted by Gasteiger charge is -2.30. The molecule has 1 N–H and O–H groups in total. The third kappa shape index (κ3) is 9.02. The van der Waals surface area contributed by atoms with Gasteiger partial charge < -0.3 is 17.1 Å². The lowest BCUT2D eigenvalue weighted by atomic mass is 11.8. The SMILES string of the molecule is C[Si](C)(C)O[Si](C)(C)O[SiH2]O[SiH2]O. The van der Waals surface area contributed by atoms with Gasteiger partial charge in [-0.15, -0.1) is 0 Å². The maximum absolute atomic E-state index is 8.55. The third-order valence-corrected chi connectivity index (χ3v) is 10.2. The third-order valence-electron chi connectivity index (χ3n) is 1.13. The first-order chi connectivity index (χ1) is 5.77. The van der Waals surface area contributed by atoms with Crippen molar-refractivity contribution in [1.82, 2.24) is 0 Å².